The van der Waals surface area contributed by atoms with Gasteiger partial charge in [0.25, 0.3) is 0 Å². The monoisotopic (exact) mass is 291 g/mol. The Bertz CT molecular complexity index is 446. The average Bonchev–Trinajstić information content (AvgIpc) is 2.44. The van der Waals surface area contributed by atoms with Crippen LogP contribution in [0, 0.1) is 13.8 Å². The molecule has 1 unspecified atom stereocenters. The number of hydrogen-bond donors (Lipinski definition) is 1. The Morgan fingerprint density at radius 3 is 2.40 bits per heavy atom. The fourth-order valence-corrected chi connectivity index (χ4v) is 4.15. The zero-order chi connectivity index (χ0) is 14.5. The van der Waals surface area contributed by atoms with Crippen LogP contribution in [-0.2, 0) is 4.79 Å². The van der Waals surface area contributed by atoms with Gasteiger partial charge in [0.05, 0.1) is 5.25 Å². The first kappa shape index (κ1) is 15.4. The molecule has 20 heavy (non-hydrogen) atoms. The van der Waals surface area contributed by atoms with Crippen LogP contribution in [0.2, 0.25) is 0 Å². The number of anilines is 1. The van der Waals surface area contributed by atoms with E-state index < -0.39 is 0 Å². The summed E-state index contributed by atoms with van der Waals surface area (Å²) < 4.78 is 0. The fraction of sp³-hybridized carbons (Fsp3) is 0.588. The third-order valence-corrected chi connectivity index (χ3v) is 5.53. The van der Waals surface area contributed by atoms with Gasteiger partial charge in [0.1, 0.15) is 0 Å². The van der Waals surface area contributed by atoms with Gasteiger partial charge in [-0.2, -0.15) is 0 Å². The second-order valence-electron chi connectivity index (χ2n) is 5.79. The van der Waals surface area contributed by atoms with Crippen molar-refractivity contribution in [3.63, 3.8) is 0 Å². The van der Waals surface area contributed by atoms with Crippen LogP contribution in [0.3, 0.4) is 0 Å². The van der Waals surface area contributed by atoms with E-state index >= 15 is 0 Å². The van der Waals surface area contributed by atoms with Gasteiger partial charge in [-0.3, -0.25) is 4.79 Å². The van der Waals surface area contributed by atoms with Gasteiger partial charge in [-0.15, -0.1) is 11.8 Å². The van der Waals surface area contributed by atoms with Crippen molar-refractivity contribution in [3.8, 4) is 0 Å². The van der Waals surface area contributed by atoms with Crippen molar-refractivity contribution in [1.82, 2.24) is 0 Å². The molecular formula is C17H25NOS. The number of rotatable bonds is 4. The Labute approximate surface area is 126 Å². The minimum absolute atomic E-state index is 0.0251. The second kappa shape index (κ2) is 7.16. The van der Waals surface area contributed by atoms with Gasteiger partial charge in [-0.25, -0.2) is 0 Å². The maximum absolute atomic E-state index is 12.4. The predicted molar refractivity (Wildman–Crippen MR) is 88.5 cm³/mol. The third-order valence-electron chi connectivity index (χ3n) is 4.05. The largest absolute Gasteiger partial charge is 0.325 e. The lowest BCUT2D eigenvalue weighted by molar-refractivity contribution is -0.115. The Kier molecular flexibility index (Phi) is 5.53. The number of carbonyl (C=O) groups excluding carboxylic acids is 1. The highest BCUT2D eigenvalue weighted by molar-refractivity contribution is 8.01. The SMILES string of the molecule is Cc1cccc(C)c1NC(=O)C(C)SC1CCCCC1. The van der Waals surface area contributed by atoms with Crippen LogP contribution < -0.4 is 5.32 Å². The summed E-state index contributed by atoms with van der Waals surface area (Å²) in [6.07, 6.45) is 6.54. The van der Waals surface area contributed by atoms with Gasteiger partial charge in [0.2, 0.25) is 5.91 Å². The summed E-state index contributed by atoms with van der Waals surface area (Å²) in [7, 11) is 0. The molecule has 1 saturated carbocycles. The number of aryl methyl sites for hydroxylation is 2. The van der Waals surface area contributed by atoms with Crippen molar-refractivity contribution in [2.45, 2.75) is 63.4 Å². The lowest BCUT2D eigenvalue weighted by atomic mass is 10.0. The number of carbonyl (C=O) groups is 1. The van der Waals surface area contributed by atoms with Gasteiger partial charge < -0.3 is 5.32 Å². The molecule has 0 radical (unpaired) electrons. The van der Waals surface area contributed by atoms with Crippen LogP contribution in [0.15, 0.2) is 18.2 Å². The lowest BCUT2D eigenvalue weighted by Gasteiger charge is -2.24. The van der Waals surface area contributed by atoms with Gasteiger partial charge in [0.15, 0.2) is 0 Å². The summed E-state index contributed by atoms with van der Waals surface area (Å²) in [6.45, 7) is 6.12. The number of para-hydroxylation sites is 1. The average molecular weight is 291 g/mol. The topological polar surface area (TPSA) is 29.1 Å². The molecule has 2 nitrogen and oxygen atoms in total. The third kappa shape index (κ3) is 4.02. The van der Waals surface area contributed by atoms with Crippen LogP contribution in [0.4, 0.5) is 5.69 Å². The molecule has 110 valence electrons. The molecule has 2 rings (SSSR count). The normalized spacial score (nSPS) is 17.8. The first-order chi connectivity index (χ1) is 9.58. The standard InChI is InChI=1S/C17H25NOS/c1-12-8-7-9-13(2)16(12)18-17(19)14(3)20-15-10-5-4-6-11-15/h7-9,14-15H,4-6,10-11H2,1-3H3,(H,18,19). The van der Waals surface area contributed by atoms with E-state index in [-0.39, 0.29) is 11.2 Å². The molecule has 1 atom stereocenters. The Morgan fingerprint density at radius 1 is 1.20 bits per heavy atom. The Hall–Kier alpha value is -0.960. The van der Waals surface area contributed by atoms with Crippen molar-refractivity contribution in [3.05, 3.63) is 29.3 Å². The summed E-state index contributed by atoms with van der Waals surface area (Å²) in [5.74, 6) is 0.137. The molecule has 1 fully saturated rings. The molecule has 0 bridgehead atoms. The van der Waals surface area contributed by atoms with Gasteiger partial charge in [0, 0.05) is 10.9 Å². The zero-order valence-corrected chi connectivity index (χ0v) is 13.6. The second-order valence-corrected chi connectivity index (χ2v) is 7.44. The summed E-state index contributed by atoms with van der Waals surface area (Å²) >= 11 is 1.85. The smallest absolute Gasteiger partial charge is 0.237 e. The Balaban J connectivity index is 1.93. The minimum atomic E-state index is 0.0251. The van der Waals surface area contributed by atoms with Gasteiger partial charge >= 0.3 is 0 Å². The van der Waals surface area contributed by atoms with E-state index in [0.717, 1.165) is 16.8 Å². The first-order valence-electron chi connectivity index (χ1n) is 7.60. The molecule has 0 aromatic heterocycles. The molecule has 0 spiro atoms. The molecule has 3 heteroatoms. The number of hydrogen-bond acceptors (Lipinski definition) is 2. The highest BCUT2D eigenvalue weighted by atomic mass is 32.2. The summed E-state index contributed by atoms with van der Waals surface area (Å²) in [5.41, 5.74) is 3.25. The summed E-state index contributed by atoms with van der Waals surface area (Å²) in [6, 6.07) is 6.11. The molecule has 1 aliphatic rings. The number of benzene rings is 1. The maximum atomic E-state index is 12.4. The maximum Gasteiger partial charge on any atom is 0.237 e. The molecule has 1 aromatic carbocycles. The zero-order valence-electron chi connectivity index (χ0n) is 12.7. The van der Waals surface area contributed by atoms with Crippen molar-refractivity contribution in [2.75, 3.05) is 5.32 Å². The highest BCUT2D eigenvalue weighted by Crippen LogP contribution is 2.31. The van der Waals surface area contributed by atoms with Crippen molar-refractivity contribution in [1.29, 1.82) is 0 Å². The van der Waals surface area contributed by atoms with E-state index in [1.54, 1.807) is 0 Å². The van der Waals surface area contributed by atoms with Gasteiger partial charge in [-0.05, 0) is 44.7 Å². The molecule has 0 saturated heterocycles. The predicted octanol–water partition coefficient (Wildman–Crippen LogP) is 4.70. The quantitative estimate of drug-likeness (QED) is 0.871. The lowest BCUT2D eigenvalue weighted by Crippen LogP contribution is -2.26. The molecule has 1 aromatic rings. The van der Waals surface area contributed by atoms with E-state index in [1.165, 1.54) is 32.1 Å². The molecule has 0 heterocycles. The molecular weight excluding hydrogens is 266 g/mol. The van der Waals surface area contributed by atoms with E-state index in [0.29, 0.717) is 5.25 Å². The van der Waals surface area contributed by atoms with Crippen molar-refractivity contribution < 1.29 is 4.79 Å². The molecule has 1 amide bonds. The number of amides is 1. The van der Waals surface area contributed by atoms with E-state index in [4.69, 9.17) is 0 Å². The molecule has 1 N–H and O–H groups in total. The first-order valence-corrected chi connectivity index (χ1v) is 8.54. The molecule has 0 aliphatic heterocycles. The van der Waals surface area contributed by atoms with Crippen LogP contribution in [0.1, 0.15) is 50.2 Å². The minimum Gasteiger partial charge on any atom is -0.325 e. The van der Waals surface area contributed by atoms with E-state index in [2.05, 4.69) is 5.32 Å². The fourth-order valence-electron chi connectivity index (χ4n) is 2.79. The van der Waals surface area contributed by atoms with Crippen LogP contribution in [-0.4, -0.2) is 16.4 Å². The highest BCUT2D eigenvalue weighted by Gasteiger charge is 2.21. The Morgan fingerprint density at radius 2 is 1.80 bits per heavy atom. The van der Waals surface area contributed by atoms with Crippen LogP contribution in [0.5, 0.6) is 0 Å². The summed E-state index contributed by atoms with van der Waals surface area (Å²) in [5, 5.41) is 3.80. The van der Waals surface area contributed by atoms with Crippen LogP contribution >= 0.6 is 11.8 Å². The van der Waals surface area contributed by atoms with E-state index in [9.17, 15) is 4.79 Å². The number of nitrogens with one attached hydrogen (secondary N) is 1. The van der Waals surface area contributed by atoms with Crippen molar-refractivity contribution >= 4 is 23.4 Å². The summed E-state index contributed by atoms with van der Waals surface area (Å²) in [4.78, 5) is 12.4. The van der Waals surface area contributed by atoms with Gasteiger partial charge in [-0.1, -0.05) is 37.5 Å². The number of thioether (sulfide) groups is 1. The van der Waals surface area contributed by atoms with E-state index in [1.807, 2.05) is 50.7 Å². The van der Waals surface area contributed by atoms with Crippen molar-refractivity contribution in [2.24, 2.45) is 0 Å². The molecule has 1 aliphatic carbocycles. The van der Waals surface area contributed by atoms with Crippen LogP contribution in [0.25, 0.3) is 0 Å².